The van der Waals surface area contributed by atoms with Gasteiger partial charge >= 0.3 is 0 Å². The molecule has 1 aromatic rings. The van der Waals surface area contributed by atoms with Crippen molar-refractivity contribution in [2.45, 2.75) is 13.0 Å². The second-order valence-electron chi connectivity index (χ2n) is 3.87. The van der Waals surface area contributed by atoms with Crippen LogP contribution in [0.2, 0.25) is 0 Å². The number of anilines is 1. The van der Waals surface area contributed by atoms with Crippen molar-refractivity contribution >= 4 is 30.5 Å². The molecular weight excluding hydrogens is 269 g/mol. The molecule has 0 bridgehead atoms. The van der Waals surface area contributed by atoms with E-state index in [2.05, 4.69) is 5.32 Å². The Balaban J connectivity index is 0.00000128. The van der Waals surface area contributed by atoms with Crippen molar-refractivity contribution < 1.29 is 8.78 Å². The monoisotopic (exact) mass is 284 g/mol. The molecule has 1 aliphatic rings. The molecule has 0 saturated carbocycles. The van der Waals surface area contributed by atoms with Crippen molar-refractivity contribution in [3.8, 4) is 0 Å². The maximum atomic E-state index is 13.0. The fourth-order valence-corrected chi connectivity index (χ4v) is 1.93. The first-order valence-corrected chi connectivity index (χ1v) is 5.10. The molecule has 0 spiro atoms. The first-order valence-electron chi connectivity index (χ1n) is 5.10. The molecule has 0 aliphatic carbocycles. The summed E-state index contributed by atoms with van der Waals surface area (Å²) in [6, 6.07) is 3.92. The van der Waals surface area contributed by atoms with E-state index in [1.807, 2.05) is 11.8 Å². The Kier molecular flexibility index (Phi) is 6.75. The lowest BCUT2D eigenvalue weighted by atomic mass is 10.1. The molecule has 1 heterocycles. The van der Waals surface area contributed by atoms with Gasteiger partial charge in [-0.1, -0.05) is 0 Å². The second-order valence-corrected chi connectivity index (χ2v) is 3.87. The van der Waals surface area contributed by atoms with Crippen LogP contribution in [0.1, 0.15) is 6.92 Å². The lowest BCUT2D eigenvalue weighted by Gasteiger charge is -2.35. The normalized spacial score (nSPS) is 19.2. The zero-order valence-electron chi connectivity index (χ0n) is 9.45. The third-order valence-corrected chi connectivity index (χ3v) is 2.68. The van der Waals surface area contributed by atoms with Crippen molar-refractivity contribution in [3.63, 3.8) is 0 Å². The van der Waals surface area contributed by atoms with E-state index in [9.17, 15) is 8.78 Å². The van der Waals surface area contributed by atoms with Crippen molar-refractivity contribution in [1.82, 2.24) is 5.32 Å². The van der Waals surface area contributed by atoms with Crippen LogP contribution in [0.25, 0.3) is 0 Å². The van der Waals surface area contributed by atoms with Crippen LogP contribution in [0, 0.1) is 11.6 Å². The third-order valence-electron chi connectivity index (χ3n) is 2.68. The minimum atomic E-state index is -0.518. The van der Waals surface area contributed by atoms with Gasteiger partial charge in [0, 0.05) is 37.4 Å². The van der Waals surface area contributed by atoms with Gasteiger partial charge in [-0.25, -0.2) is 8.78 Å². The highest BCUT2D eigenvalue weighted by Crippen LogP contribution is 2.20. The smallest absolute Gasteiger partial charge is 0.128 e. The molecule has 1 aromatic carbocycles. The number of nitrogens with one attached hydrogen (secondary N) is 1. The van der Waals surface area contributed by atoms with Crippen LogP contribution in [0.15, 0.2) is 18.2 Å². The molecule has 1 atom stereocenters. The van der Waals surface area contributed by atoms with Crippen LogP contribution in [0.5, 0.6) is 0 Å². The first kappa shape index (κ1) is 16.4. The average Bonchev–Trinajstić information content (AvgIpc) is 2.16. The summed E-state index contributed by atoms with van der Waals surface area (Å²) in [7, 11) is 0. The molecule has 98 valence electrons. The van der Waals surface area contributed by atoms with Gasteiger partial charge in [-0.15, -0.1) is 24.8 Å². The predicted molar refractivity (Wildman–Crippen MR) is 70.5 cm³/mol. The fourth-order valence-electron chi connectivity index (χ4n) is 1.93. The predicted octanol–water partition coefficient (Wildman–Crippen LogP) is 2.61. The van der Waals surface area contributed by atoms with Gasteiger partial charge in [-0.2, -0.15) is 0 Å². The fraction of sp³-hybridized carbons (Fsp3) is 0.455. The Morgan fingerprint density at radius 2 is 1.76 bits per heavy atom. The van der Waals surface area contributed by atoms with E-state index in [1.165, 1.54) is 12.1 Å². The number of halogens is 4. The number of hydrogen-bond donors (Lipinski definition) is 1. The first-order chi connectivity index (χ1) is 7.16. The molecule has 1 N–H and O–H groups in total. The molecule has 0 amide bonds. The van der Waals surface area contributed by atoms with Crippen LogP contribution >= 0.6 is 24.8 Å². The summed E-state index contributed by atoms with van der Waals surface area (Å²) in [4.78, 5) is 2.02. The number of rotatable bonds is 1. The minimum Gasteiger partial charge on any atom is -0.366 e. The summed E-state index contributed by atoms with van der Waals surface area (Å²) in [5.41, 5.74) is 0.626. The van der Waals surface area contributed by atoms with E-state index >= 15 is 0 Å². The number of hydrogen-bond acceptors (Lipinski definition) is 2. The Hall–Kier alpha value is -0.580. The van der Waals surface area contributed by atoms with E-state index in [1.54, 1.807) is 0 Å². The molecule has 1 saturated heterocycles. The van der Waals surface area contributed by atoms with Crippen molar-refractivity contribution in [2.75, 3.05) is 24.5 Å². The molecule has 1 aliphatic heterocycles. The standard InChI is InChI=1S/C11H14F2N2.2ClH/c1-8-7-14-2-3-15(8)11-5-9(12)4-10(13)6-11;;/h4-6,8,14H,2-3,7H2,1H3;2*1H/t8-;;/m1../s1. The molecule has 0 unspecified atom stereocenters. The SMILES string of the molecule is C[C@@H]1CNCCN1c1cc(F)cc(F)c1.Cl.Cl. The highest BCUT2D eigenvalue weighted by Gasteiger charge is 2.19. The van der Waals surface area contributed by atoms with E-state index in [-0.39, 0.29) is 30.9 Å². The van der Waals surface area contributed by atoms with Crippen molar-refractivity contribution in [3.05, 3.63) is 29.8 Å². The van der Waals surface area contributed by atoms with Gasteiger partial charge in [-0.05, 0) is 19.1 Å². The molecular formula is C11H16Cl2F2N2. The minimum absolute atomic E-state index is 0. The topological polar surface area (TPSA) is 15.3 Å². The Labute approximate surface area is 112 Å². The van der Waals surface area contributed by atoms with Crippen LogP contribution in [-0.4, -0.2) is 25.7 Å². The lowest BCUT2D eigenvalue weighted by Crippen LogP contribution is -2.50. The van der Waals surface area contributed by atoms with Crippen molar-refractivity contribution in [2.24, 2.45) is 0 Å². The van der Waals surface area contributed by atoms with Crippen LogP contribution in [0.4, 0.5) is 14.5 Å². The summed E-state index contributed by atoms with van der Waals surface area (Å²) in [5, 5.41) is 3.23. The Morgan fingerprint density at radius 1 is 1.18 bits per heavy atom. The largest absolute Gasteiger partial charge is 0.366 e. The van der Waals surface area contributed by atoms with Crippen LogP contribution < -0.4 is 10.2 Å². The number of benzene rings is 1. The summed E-state index contributed by atoms with van der Waals surface area (Å²) < 4.78 is 26.1. The van der Waals surface area contributed by atoms with Gasteiger partial charge in [0.25, 0.3) is 0 Å². The molecule has 6 heteroatoms. The third kappa shape index (κ3) is 3.98. The Morgan fingerprint density at radius 3 is 2.29 bits per heavy atom. The number of nitrogens with zero attached hydrogens (tertiary/aromatic N) is 1. The second kappa shape index (κ2) is 6.99. The molecule has 2 nitrogen and oxygen atoms in total. The van der Waals surface area contributed by atoms with Gasteiger partial charge < -0.3 is 10.2 Å². The van der Waals surface area contributed by atoms with E-state index in [0.717, 1.165) is 25.7 Å². The van der Waals surface area contributed by atoms with Crippen molar-refractivity contribution in [1.29, 1.82) is 0 Å². The van der Waals surface area contributed by atoms with E-state index < -0.39 is 11.6 Å². The summed E-state index contributed by atoms with van der Waals surface area (Å²) in [6.45, 7) is 4.51. The van der Waals surface area contributed by atoms with Crippen LogP contribution in [-0.2, 0) is 0 Å². The maximum absolute atomic E-state index is 13.0. The summed E-state index contributed by atoms with van der Waals surface area (Å²) in [6.07, 6.45) is 0. The zero-order chi connectivity index (χ0) is 10.8. The molecule has 1 fully saturated rings. The Bertz CT molecular complexity index is 343. The quantitative estimate of drug-likeness (QED) is 0.853. The number of piperazine rings is 1. The van der Waals surface area contributed by atoms with E-state index in [4.69, 9.17) is 0 Å². The summed E-state index contributed by atoms with van der Waals surface area (Å²) >= 11 is 0. The lowest BCUT2D eigenvalue weighted by molar-refractivity contribution is 0.497. The highest BCUT2D eigenvalue weighted by molar-refractivity contribution is 5.85. The average molecular weight is 285 g/mol. The molecule has 0 aromatic heterocycles. The van der Waals surface area contributed by atoms with Gasteiger partial charge in [0.05, 0.1) is 0 Å². The van der Waals surface area contributed by atoms with E-state index in [0.29, 0.717) is 5.69 Å². The molecule has 2 rings (SSSR count). The summed E-state index contributed by atoms with van der Waals surface area (Å²) in [5.74, 6) is -1.04. The zero-order valence-corrected chi connectivity index (χ0v) is 11.1. The van der Waals surface area contributed by atoms with Gasteiger partial charge in [0.15, 0.2) is 0 Å². The van der Waals surface area contributed by atoms with Gasteiger partial charge in [0.2, 0.25) is 0 Å². The van der Waals surface area contributed by atoms with Crippen LogP contribution in [0.3, 0.4) is 0 Å². The van der Waals surface area contributed by atoms with Gasteiger partial charge in [0.1, 0.15) is 11.6 Å². The highest BCUT2D eigenvalue weighted by atomic mass is 35.5. The molecule has 0 radical (unpaired) electrons. The maximum Gasteiger partial charge on any atom is 0.128 e. The van der Waals surface area contributed by atoms with Gasteiger partial charge in [-0.3, -0.25) is 0 Å². The molecule has 17 heavy (non-hydrogen) atoms.